The highest BCUT2D eigenvalue weighted by Gasteiger charge is 2.57. The number of benzene rings is 2. The summed E-state index contributed by atoms with van der Waals surface area (Å²) < 4.78 is 0. The summed E-state index contributed by atoms with van der Waals surface area (Å²) in [6.07, 6.45) is 1.19. The maximum atomic E-state index is 13.5. The van der Waals surface area contributed by atoms with Gasteiger partial charge in [-0.25, -0.2) is 0 Å². The Kier molecular flexibility index (Phi) is 9.38. The number of carbonyl (C=O) groups is 1. The third-order valence-electron chi connectivity index (χ3n) is 7.06. The lowest BCUT2D eigenvalue weighted by Gasteiger charge is -2.40. The van der Waals surface area contributed by atoms with E-state index in [1.165, 1.54) is 0 Å². The normalized spacial score (nSPS) is 25.5. The van der Waals surface area contributed by atoms with Crippen molar-refractivity contribution in [3.8, 4) is 0 Å². The molecule has 1 saturated heterocycles. The summed E-state index contributed by atoms with van der Waals surface area (Å²) >= 11 is 12.6. The summed E-state index contributed by atoms with van der Waals surface area (Å²) in [6, 6.07) is 14.3. The van der Waals surface area contributed by atoms with Gasteiger partial charge in [-0.05, 0) is 47.7 Å². The molecule has 0 aromatic heterocycles. The number of carbonyl (C=O) groups excluding carboxylic acids is 1. The Balaban J connectivity index is 2.09. The van der Waals surface area contributed by atoms with E-state index < -0.39 is 23.6 Å². The third-order valence-corrected chi connectivity index (χ3v) is 7.55. The van der Waals surface area contributed by atoms with Gasteiger partial charge >= 0.3 is 0 Å². The Labute approximate surface area is 211 Å². The minimum absolute atomic E-state index is 0.175. The Morgan fingerprint density at radius 2 is 1.82 bits per heavy atom. The average molecular weight is 508 g/mol. The zero-order valence-corrected chi connectivity index (χ0v) is 21.2. The number of aliphatic hydroxyl groups is 2. The van der Waals surface area contributed by atoms with Crippen LogP contribution in [0.25, 0.3) is 0 Å². The van der Waals surface area contributed by atoms with Crippen molar-refractivity contribution in [1.82, 2.24) is 10.6 Å². The monoisotopic (exact) mass is 507 g/mol. The summed E-state index contributed by atoms with van der Waals surface area (Å²) in [5.41, 5.74) is 8.25. The van der Waals surface area contributed by atoms with Crippen LogP contribution in [0.2, 0.25) is 10.0 Å². The molecule has 1 aliphatic heterocycles. The first-order valence-corrected chi connectivity index (χ1v) is 12.6. The van der Waals surface area contributed by atoms with E-state index in [4.69, 9.17) is 34.0 Å². The molecular formula is C26H35Cl2N3O3. The van der Waals surface area contributed by atoms with Gasteiger partial charge in [0.25, 0.3) is 0 Å². The fourth-order valence-electron chi connectivity index (χ4n) is 5.24. The smallest absolute Gasteiger partial charge is 0.237 e. The van der Waals surface area contributed by atoms with E-state index in [0.29, 0.717) is 10.0 Å². The van der Waals surface area contributed by atoms with Crippen molar-refractivity contribution < 1.29 is 15.0 Å². The highest BCUT2D eigenvalue weighted by Crippen LogP contribution is 2.48. The Bertz CT molecular complexity index is 955. The zero-order chi connectivity index (χ0) is 24.9. The van der Waals surface area contributed by atoms with E-state index >= 15 is 0 Å². The third kappa shape index (κ3) is 5.59. The SMILES string of the molecule is CCC(CC)C1NC(C(=O)NCCC(O)CO)C(c2cccc(Cl)c2)C1(N)c1ccc(Cl)cc1. The Morgan fingerprint density at radius 3 is 2.41 bits per heavy atom. The highest BCUT2D eigenvalue weighted by molar-refractivity contribution is 6.30. The summed E-state index contributed by atoms with van der Waals surface area (Å²) in [7, 11) is 0. The topological polar surface area (TPSA) is 108 Å². The van der Waals surface area contributed by atoms with Crippen molar-refractivity contribution >= 4 is 29.1 Å². The summed E-state index contributed by atoms with van der Waals surface area (Å²) in [6.45, 7) is 4.17. The van der Waals surface area contributed by atoms with Crippen LogP contribution in [0.15, 0.2) is 48.5 Å². The van der Waals surface area contributed by atoms with Crippen LogP contribution in [0.5, 0.6) is 0 Å². The highest BCUT2D eigenvalue weighted by atomic mass is 35.5. The van der Waals surface area contributed by atoms with Crippen molar-refractivity contribution in [2.24, 2.45) is 11.7 Å². The molecule has 5 atom stereocenters. The molecule has 2 aromatic carbocycles. The molecule has 6 N–H and O–H groups in total. The quantitative estimate of drug-likeness (QED) is 0.337. The molecule has 1 fully saturated rings. The fraction of sp³-hybridized carbons (Fsp3) is 0.500. The predicted molar refractivity (Wildman–Crippen MR) is 137 cm³/mol. The maximum Gasteiger partial charge on any atom is 0.237 e. The van der Waals surface area contributed by atoms with Gasteiger partial charge in [0.1, 0.15) is 0 Å². The van der Waals surface area contributed by atoms with Crippen LogP contribution in [0.3, 0.4) is 0 Å². The van der Waals surface area contributed by atoms with Gasteiger partial charge in [0.05, 0.1) is 24.3 Å². The maximum absolute atomic E-state index is 13.5. The average Bonchev–Trinajstić information content (AvgIpc) is 3.14. The number of nitrogens with one attached hydrogen (secondary N) is 2. The number of nitrogens with two attached hydrogens (primary N) is 1. The molecule has 6 nitrogen and oxygen atoms in total. The van der Waals surface area contributed by atoms with E-state index in [1.807, 2.05) is 42.5 Å². The minimum atomic E-state index is -0.904. The number of hydrogen-bond acceptors (Lipinski definition) is 5. The molecule has 0 bridgehead atoms. The molecule has 1 amide bonds. The van der Waals surface area contributed by atoms with Crippen LogP contribution in [0.4, 0.5) is 0 Å². The van der Waals surface area contributed by atoms with E-state index in [2.05, 4.69) is 24.5 Å². The molecule has 186 valence electrons. The van der Waals surface area contributed by atoms with Crippen LogP contribution in [-0.4, -0.2) is 47.5 Å². The number of halogens is 2. The van der Waals surface area contributed by atoms with Crippen LogP contribution >= 0.6 is 23.2 Å². The molecule has 34 heavy (non-hydrogen) atoms. The predicted octanol–water partition coefficient (Wildman–Crippen LogP) is 3.57. The molecule has 2 aromatic rings. The lowest BCUT2D eigenvalue weighted by atomic mass is 9.68. The molecule has 3 rings (SSSR count). The standard InChI is InChI=1S/C26H35Cl2N3O3/c1-3-16(4-2)24-26(29,18-8-10-19(27)11-9-18)22(17-6-5-7-20(28)14-17)23(31-24)25(34)30-13-12-21(33)15-32/h5-11,14,16,21-24,31-33H,3-4,12-13,15,29H2,1-2H3,(H,30,34). The first kappa shape index (κ1) is 26.9. The van der Waals surface area contributed by atoms with Gasteiger partial charge in [0.2, 0.25) is 5.91 Å². The van der Waals surface area contributed by atoms with Crippen LogP contribution < -0.4 is 16.4 Å². The molecule has 5 unspecified atom stereocenters. The van der Waals surface area contributed by atoms with Crippen molar-refractivity contribution in [2.45, 2.75) is 62.8 Å². The summed E-state index contributed by atoms with van der Waals surface area (Å²) in [5.74, 6) is -0.371. The minimum Gasteiger partial charge on any atom is -0.394 e. The second-order valence-electron chi connectivity index (χ2n) is 9.09. The number of rotatable bonds is 10. The Morgan fingerprint density at radius 1 is 1.15 bits per heavy atom. The first-order valence-electron chi connectivity index (χ1n) is 11.9. The molecule has 0 radical (unpaired) electrons. The van der Waals surface area contributed by atoms with Crippen LogP contribution in [0.1, 0.15) is 50.2 Å². The van der Waals surface area contributed by atoms with E-state index in [0.717, 1.165) is 24.0 Å². The molecule has 1 heterocycles. The van der Waals surface area contributed by atoms with Crippen LogP contribution in [0, 0.1) is 5.92 Å². The lowest BCUT2D eigenvalue weighted by Crippen LogP contribution is -2.53. The number of hydrogen-bond donors (Lipinski definition) is 5. The van der Waals surface area contributed by atoms with Gasteiger partial charge in [-0.3, -0.25) is 10.1 Å². The van der Waals surface area contributed by atoms with E-state index in [-0.39, 0.29) is 37.4 Å². The van der Waals surface area contributed by atoms with Gasteiger partial charge in [0, 0.05) is 28.5 Å². The van der Waals surface area contributed by atoms with Crippen molar-refractivity contribution in [2.75, 3.05) is 13.2 Å². The Hall–Kier alpha value is -1.67. The fourth-order valence-corrected chi connectivity index (χ4v) is 5.56. The van der Waals surface area contributed by atoms with Crippen molar-refractivity contribution in [1.29, 1.82) is 0 Å². The summed E-state index contributed by atoms with van der Waals surface area (Å²) in [4.78, 5) is 13.5. The molecule has 0 saturated carbocycles. The number of aliphatic hydroxyl groups excluding tert-OH is 2. The van der Waals surface area contributed by atoms with E-state index in [1.54, 1.807) is 6.07 Å². The molecular weight excluding hydrogens is 473 g/mol. The lowest BCUT2D eigenvalue weighted by molar-refractivity contribution is -0.123. The second kappa shape index (κ2) is 11.8. The summed E-state index contributed by atoms with van der Waals surface area (Å²) in [5, 5.41) is 26.4. The van der Waals surface area contributed by atoms with E-state index in [9.17, 15) is 9.90 Å². The van der Waals surface area contributed by atoms with Gasteiger partial charge in [-0.2, -0.15) is 0 Å². The second-order valence-corrected chi connectivity index (χ2v) is 9.96. The zero-order valence-electron chi connectivity index (χ0n) is 19.7. The van der Waals surface area contributed by atoms with Crippen molar-refractivity contribution in [3.63, 3.8) is 0 Å². The molecule has 0 spiro atoms. The largest absolute Gasteiger partial charge is 0.394 e. The van der Waals surface area contributed by atoms with Crippen molar-refractivity contribution in [3.05, 3.63) is 69.7 Å². The molecule has 0 aliphatic carbocycles. The molecule has 8 heteroatoms. The number of amides is 1. The first-order chi connectivity index (χ1) is 16.3. The van der Waals surface area contributed by atoms with Gasteiger partial charge < -0.3 is 21.3 Å². The van der Waals surface area contributed by atoms with Crippen LogP contribution in [-0.2, 0) is 10.3 Å². The van der Waals surface area contributed by atoms with Gasteiger partial charge in [0.15, 0.2) is 0 Å². The molecule has 1 aliphatic rings. The van der Waals surface area contributed by atoms with Gasteiger partial charge in [-0.1, -0.05) is 74.2 Å². The van der Waals surface area contributed by atoms with Gasteiger partial charge in [-0.15, -0.1) is 0 Å².